The molecular formula is C19H23N3O4S2. The summed E-state index contributed by atoms with van der Waals surface area (Å²) in [4.78, 5) is 24.3. The molecule has 0 unspecified atom stereocenters. The Labute approximate surface area is 173 Å². The fourth-order valence-electron chi connectivity index (χ4n) is 2.38. The normalized spacial score (nSPS) is 10.1. The second-order valence-corrected chi connectivity index (χ2v) is 7.12. The van der Waals surface area contributed by atoms with Crippen LogP contribution in [0.2, 0.25) is 0 Å². The van der Waals surface area contributed by atoms with Crippen LogP contribution < -0.4 is 25.6 Å². The average molecular weight is 422 g/mol. The minimum Gasteiger partial charge on any atom is -0.493 e. The Balaban J connectivity index is 1.64. The molecule has 2 rings (SSSR count). The summed E-state index contributed by atoms with van der Waals surface area (Å²) < 4.78 is 10.5. The maximum Gasteiger partial charge on any atom is 0.238 e. The van der Waals surface area contributed by atoms with Crippen LogP contribution in [0.15, 0.2) is 35.7 Å². The van der Waals surface area contributed by atoms with E-state index in [0.29, 0.717) is 34.5 Å². The van der Waals surface area contributed by atoms with Crippen molar-refractivity contribution in [1.82, 2.24) is 16.2 Å². The quantitative estimate of drug-likeness (QED) is 0.326. The maximum absolute atomic E-state index is 11.9. The SMILES string of the molecule is COc1ccc(CCNC(=S)NNC(=O)CCC(=O)c2cccs2)cc1OC. The summed E-state index contributed by atoms with van der Waals surface area (Å²) in [7, 11) is 3.19. The molecular weight excluding hydrogens is 398 g/mol. The smallest absolute Gasteiger partial charge is 0.238 e. The van der Waals surface area contributed by atoms with Gasteiger partial charge in [0, 0.05) is 19.4 Å². The lowest BCUT2D eigenvalue weighted by atomic mass is 10.1. The zero-order chi connectivity index (χ0) is 20.4. The third-order valence-electron chi connectivity index (χ3n) is 3.84. The Morgan fingerprint density at radius 1 is 1.07 bits per heavy atom. The highest BCUT2D eigenvalue weighted by atomic mass is 32.1. The van der Waals surface area contributed by atoms with Crippen LogP contribution in [-0.2, 0) is 11.2 Å². The van der Waals surface area contributed by atoms with Gasteiger partial charge in [0.1, 0.15) is 0 Å². The summed E-state index contributed by atoms with van der Waals surface area (Å²) >= 11 is 6.50. The number of hydrazine groups is 1. The number of carbonyl (C=O) groups excluding carboxylic acids is 2. The van der Waals surface area contributed by atoms with E-state index >= 15 is 0 Å². The van der Waals surface area contributed by atoms with Crippen molar-refractivity contribution >= 4 is 40.4 Å². The van der Waals surface area contributed by atoms with Gasteiger partial charge in [0.05, 0.1) is 19.1 Å². The number of hydrogen-bond donors (Lipinski definition) is 3. The van der Waals surface area contributed by atoms with Crippen LogP contribution in [0.5, 0.6) is 11.5 Å². The number of ketones is 1. The number of amides is 1. The number of thiophene rings is 1. The van der Waals surface area contributed by atoms with E-state index in [-0.39, 0.29) is 24.5 Å². The fraction of sp³-hybridized carbons (Fsp3) is 0.316. The van der Waals surface area contributed by atoms with Crippen LogP contribution in [-0.4, -0.2) is 37.6 Å². The Kier molecular flexibility index (Phi) is 8.70. The van der Waals surface area contributed by atoms with Crippen LogP contribution in [0.3, 0.4) is 0 Å². The first kappa shape index (κ1) is 21.6. The van der Waals surface area contributed by atoms with E-state index in [2.05, 4.69) is 16.2 Å². The predicted molar refractivity (Wildman–Crippen MR) is 113 cm³/mol. The maximum atomic E-state index is 11.9. The number of nitrogens with one attached hydrogen (secondary N) is 3. The molecule has 1 aromatic carbocycles. The molecule has 1 heterocycles. The van der Waals surface area contributed by atoms with Crippen LogP contribution in [0.25, 0.3) is 0 Å². The lowest BCUT2D eigenvalue weighted by Crippen LogP contribution is -2.47. The number of benzene rings is 1. The Morgan fingerprint density at radius 2 is 1.86 bits per heavy atom. The highest BCUT2D eigenvalue weighted by molar-refractivity contribution is 7.80. The van der Waals surface area contributed by atoms with Gasteiger partial charge in [0.25, 0.3) is 0 Å². The standard InChI is InChI=1S/C19H23N3O4S2/c1-25-15-7-5-13(12-16(15)26-2)9-10-20-19(27)22-21-18(24)8-6-14(23)17-4-3-11-28-17/h3-5,7,11-12H,6,8-10H2,1-2H3,(H,21,24)(H2,20,22,27). The van der Waals surface area contributed by atoms with Gasteiger partial charge in [-0.3, -0.25) is 20.4 Å². The van der Waals surface area contributed by atoms with E-state index < -0.39 is 0 Å². The molecule has 0 spiro atoms. The van der Waals surface area contributed by atoms with Crippen LogP contribution in [0, 0.1) is 0 Å². The van der Waals surface area contributed by atoms with Gasteiger partial charge in [-0.25, -0.2) is 0 Å². The van der Waals surface area contributed by atoms with Gasteiger partial charge >= 0.3 is 0 Å². The minimum absolute atomic E-state index is 0.0410. The molecule has 0 fully saturated rings. The molecule has 9 heteroatoms. The van der Waals surface area contributed by atoms with Crippen molar-refractivity contribution in [1.29, 1.82) is 0 Å². The summed E-state index contributed by atoms with van der Waals surface area (Å²) in [6, 6.07) is 9.27. The van der Waals surface area contributed by atoms with Crippen molar-refractivity contribution in [3.05, 3.63) is 46.2 Å². The topological polar surface area (TPSA) is 88.7 Å². The molecule has 1 aromatic heterocycles. The summed E-state index contributed by atoms with van der Waals surface area (Å²) in [6.45, 7) is 0.577. The van der Waals surface area contributed by atoms with Gasteiger partial charge < -0.3 is 14.8 Å². The molecule has 0 saturated heterocycles. The van der Waals surface area contributed by atoms with Crippen molar-refractivity contribution < 1.29 is 19.1 Å². The van der Waals surface area contributed by atoms with Crippen molar-refractivity contribution in [3.8, 4) is 11.5 Å². The zero-order valence-corrected chi connectivity index (χ0v) is 17.4. The van der Waals surface area contributed by atoms with Gasteiger partial charge in [-0.15, -0.1) is 11.3 Å². The Morgan fingerprint density at radius 3 is 2.54 bits per heavy atom. The van der Waals surface area contributed by atoms with E-state index in [1.807, 2.05) is 29.6 Å². The predicted octanol–water partition coefficient (Wildman–Crippen LogP) is 2.47. The number of methoxy groups -OCH3 is 2. The fourth-order valence-corrected chi connectivity index (χ4v) is 3.22. The third-order valence-corrected chi connectivity index (χ3v) is 5.00. The molecule has 7 nitrogen and oxygen atoms in total. The molecule has 0 radical (unpaired) electrons. The lowest BCUT2D eigenvalue weighted by Gasteiger charge is -2.12. The van der Waals surface area contributed by atoms with Gasteiger partial charge in [-0.2, -0.15) is 0 Å². The van der Waals surface area contributed by atoms with Gasteiger partial charge in [-0.1, -0.05) is 12.1 Å². The highest BCUT2D eigenvalue weighted by Crippen LogP contribution is 2.27. The minimum atomic E-state index is -0.297. The second-order valence-electron chi connectivity index (χ2n) is 5.77. The first-order chi connectivity index (χ1) is 13.5. The molecule has 2 aromatic rings. The Hall–Kier alpha value is -2.65. The van der Waals surface area contributed by atoms with E-state index in [0.717, 1.165) is 5.56 Å². The van der Waals surface area contributed by atoms with E-state index in [1.54, 1.807) is 20.3 Å². The molecule has 0 aliphatic rings. The molecule has 0 aliphatic heterocycles. The first-order valence-electron chi connectivity index (χ1n) is 8.63. The summed E-state index contributed by atoms with van der Waals surface area (Å²) in [5, 5.41) is 5.15. The largest absolute Gasteiger partial charge is 0.493 e. The van der Waals surface area contributed by atoms with Gasteiger partial charge in [0.15, 0.2) is 22.4 Å². The Bertz CT molecular complexity index is 810. The monoisotopic (exact) mass is 421 g/mol. The van der Waals surface area contributed by atoms with E-state index in [1.165, 1.54) is 11.3 Å². The van der Waals surface area contributed by atoms with Gasteiger partial charge in [0.2, 0.25) is 5.91 Å². The third kappa shape index (κ3) is 6.82. The highest BCUT2D eigenvalue weighted by Gasteiger charge is 2.10. The lowest BCUT2D eigenvalue weighted by molar-refractivity contribution is -0.121. The number of ether oxygens (including phenoxy) is 2. The number of Topliss-reactive ketones (excluding diaryl/α,β-unsaturated/α-hetero) is 1. The van der Waals surface area contributed by atoms with Gasteiger partial charge in [-0.05, 0) is 47.8 Å². The van der Waals surface area contributed by atoms with Crippen molar-refractivity contribution in [3.63, 3.8) is 0 Å². The molecule has 0 bridgehead atoms. The summed E-state index contributed by atoms with van der Waals surface area (Å²) in [5.41, 5.74) is 6.18. The second kappa shape index (κ2) is 11.3. The summed E-state index contributed by atoms with van der Waals surface area (Å²) in [5.74, 6) is 1.01. The molecule has 0 aliphatic carbocycles. The first-order valence-corrected chi connectivity index (χ1v) is 9.92. The van der Waals surface area contributed by atoms with Crippen molar-refractivity contribution in [2.75, 3.05) is 20.8 Å². The number of hydrogen-bond acceptors (Lipinski definition) is 6. The van der Waals surface area contributed by atoms with E-state index in [4.69, 9.17) is 21.7 Å². The number of rotatable bonds is 9. The molecule has 28 heavy (non-hydrogen) atoms. The molecule has 0 saturated carbocycles. The van der Waals surface area contributed by atoms with Crippen LogP contribution in [0.1, 0.15) is 28.1 Å². The molecule has 0 atom stereocenters. The number of carbonyl (C=O) groups is 2. The molecule has 3 N–H and O–H groups in total. The van der Waals surface area contributed by atoms with Crippen LogP contribution in [0.4, 0.5) is 0 Å². The zero-order valence-electron chi connectivity index (χ0n) is 15.7. The van der Waals surface area contributed by atoms with Crippen molar-refractivity contribution in [2.24, 2.45) is 0 Å². The molecule has 150 valence electrons. The molecule has 1 amide bonds. The number of thiocarbonyl (C=S) groups is 1. The van der Waals surface area contributed by atoms with E-state index in [9.17, 15) is 9.59 Å². The van der Waals surface area contributed by atoms with Crippen molar-refractivity contribution in [2.45, 2.75) is 19.3 Å². The average Bonchev–Trinajstić information content (AvgIpc) is 3.25. The van der Waals surface area contributed by atoms with Crippen LogP contribution >= 0.6 is 23.6 Å². The summed E-state index contributed by atoms with van der Waals surface area (Å²) in [6.07, 6.45) is 0.969.